The molecule has 1 atom stereocenters. The molecule has 1 N–H and O–H groups in total. The van der Waals surface area contributed by atoms with Crippen LogP contribution in [0, 0.1) is 6.92 Å². The van der Waals surface area contributed by atoms with Crippen molar-refractivity contribution < 1.29 is 13.0 Å². The SMILES string of the molecule is CC1=Cc2c(Br)cc(C)cc2C1S(=O)(=O)O. The minimum Gasteiger partial charge on any atom is -0.285 e. The van der Waals surface area contributed by atoms with Crippen molar-refractivity contribution in [3.8, 4) is 0 Å². The van der Waals surface area contributed by atoms with Gasteiger partial charge in [0.2, 0.25) is 0 Å². The lowest BCUT2D eigenvalue weighted by atomic mass is 10.1. The molecule has 0 fully saturated rings. The zero-order valence-corrected chi connectivity index (χ0v) is 11.3. The Morgan fingerprint density at radius 2 is 1.94 bits per heavy atom. The van der Waals surface area contributed by atoms with E-state index >= 15 is 0 Å². The molecule has 1 aromatic rings. The van der Waals surface area contributed by atoms with Gasteiger partial charge in [-0.25, -0.2) is 0 Å². The molecule has 0 saturated carbocycles. The van der Waals surface area contributed by atoms with Crippen molar-refractivity contribution in [3.05, 3.63) is 38.9 Å². The predicted molar refractivity (Wildman–Crippen MR) is 66.8 cm³/mol. The summed E-state index contributed by atoms with van der Waals surface area (Å²) in [7, 11) is -4.09. The first kappa shape index (κ1) is 11.8. The van der Waals surface area contributed by atoms with E-state index in [1.807, 2.05) is 13.0 Å². The van der Waals surface area contributed by atoms with E-state index < -0.39 is 15.4 Å². The van der Waals surface area contributed by atoms with Gasteiger partial charge in [0, 0.05) is 4.47 Å². The number of hydrogen-bond donors (Lipinski definition) is 1. The Morgan fingerprint density at radius 3 is 2.50 bits per heavy atom. The predicted octanol–water partition coefficient (Wildman–Crippen LogP) is 3.10. The molecule has 16 heavy (non-hydrogen) atoms. The van der Waals surface area contributed by atoms with E-state index in [1.54, 1.807) is 19.1 Å². The van der Waals surface area contributed by atoms with Crippen LogP contribution in [-0.4, -0.2) is 13.0 Å². The van der Waals surface area contributed by atoms with Crippen LogP contribution in [0.4, 0.5) is 0 Å². The van der Waals surface area contributed by atoms with E-state index in [9.17, 15) is 13.0 Å². The summed E-state index contributed by atoms with van der Waals surface area (Å²) in [4.78, 5) is 0. The van der Waals surface area contributed by atoms with Gasteiger partial charge in [0.15, 0.2) is 0 Å². The highest BCUT2D eigenvalue weighted by Crippen LogP contribution is 2.42. The first-order valence-corrected chi connectivity index (χ1v) is 7.05. The minimum absolute atomic E-state index is 0.642. The molecule has 0 aliphatic heterocycles. The van der Waals surface area contributed by atoms with Gasteiger partial charge in [-0.1, -0.05) is 28.1 Å². The lowest BCUT2D eigenvalue weighted by molar-refractivity contribution is 0.475. The molecule has 1 aliphatic carbocycles. The number of fused-ring (bicyclic) bond motifs is 1. The molecule has 2 rings (SSSR count). The average Bonchev–Trinajstić information content (AvgIpc) is 2.40. The number of benzene rings is 1. The molecular formula is C11H11BrO3S. The molecule has 0 radical (unpaired) electrons. The molecular weight excluding hydrogens is 292 g/mol. The van der Waals surface area contributed by atoms with Gasteiger partial charge >= 0.3 is 0 Å². The largest absolute Gasteiger partial charge is 0.285 e. The summed E-state index contributed by atoms with van der Waals surface area (Å²) in [6.45, 7) is 3.60. The van der Waals surface area contributed by atoms with Crippen molar-refractivity contribution >= 4 is 32.1 Å². The number of hydrogen-bond acceptors (Lipinski definition) is 2. The Bertz CT molecular complexity index is 587. The first-order valence-electron chi connectivity index (χ1n) is 4.75. The summed E-state index contributed by atoms with van der Waals surface area (Å²) < 4.78 is 32.7. The van der Waals surface area contributed by atoms with Crippen molar-refractivity contribution in [2.75, 3.05) is 0 Å². The molecule has 0 heterocycles. The van der Waals surface area contributed by atoms with E-state index in [0.717, 1.165) is 15.6 Å². The van der Waals surface area contributed by atoms with Crippen LogP contribution in [0.25, 0.3) is 6.08 Å². The Morgan fingerprint density at radius 1 is 1.31 bits per heavy atom. The van der Waals surface area contributed by atoms with E-state index in [0.29, 0.717) is 11.1 Å². The summed E-state index contributed by atoms with van der Waals surface area (Å²) in [5.74, 6) is 0. The van der Waals surface area contributed by atoms with Crippen molar-refractivity contribution in [3.63, 3.8) is 0 Å². The highest BCUT2D eigenvalue weighted by atomic mass is 79.9. The first-order chi connectivity index (χ1) is 7.30. The van der Waals surface area contributed by atoms with Crippen LogP contribution in [0.3, 0.4) is 0 Å². The lowest BCUT2D eigenvalue weighted by Gasteiger charge is -2.12. The molecule has 1 aromatic carbocycles. The van der Waals surface area contributed by atoms with Gasteiger partial charge in [-0.2, -0.15) is 8.42 Å². The van der Waals surface area contributed by atoms with Crippen LogP contribution in [0.15, 0.2) is 22.2 Å². The lowest BCUT2D eigenvalue weighted by Crippen LogP contribution is -2.11. The van der Waals surface area contributed by atoms with Gasteiger partial charge in [0.25, 0.3) is 10.1 Å². The summed E-state index contributed by atoms with van der Waals surface area (Å²) >= 11 is 3.40. The monoisotopic (exact) mass is 302 g/mol. The highest BCUT2D eigenvalue weighted by molar-refractivity contribution is 9.10. The van der Waals surface area contributed by atoms with Gasteiger partial charge in [-0.05, 0) is 42.2 Å². The quantitative estimate of drug-likeness (QED) is 0.811. The van der Waals surface area contributed by atoms with Crippen molar-refractivity contribution in [1.82, 2.24) is 0 Å². The second-order valence-corrected chi connectivity index (χ2v) is 6.39. The van der Waals surface area contributed by atoms with E-state index in [1.165, 1.54) is 0 Å². The van der Waals surface area contributed by atoms with Crippen LogP contribution >= 0.6 is 15.9 Å². The minimum atomic E-state index is -4.09. The fourth-order valence-corrected chi connectivity index (χ4v) is 3.85. The Labute approximate surface area is 103 Å². The highest BCUT2D eigenvalue weighted by Gasteiger charge is 2.33. The van der Waals surface area contributed by atoms with Gasteiger partial charge in [-0.3, -0.25) is 4.55 Å². The molecule has 5 heteroatoms. The molecule has 1 aliphatic rings. The molecule has 0 aromatic heterocycles. The molecule has 0 spiro atoms. The molecule has 1 unspecified atom stereocenters. The fraction of sp³-hybridized carbons (Fsp3) is 0.273. The summed E-state index contributed by atoms with van der Waals surface area (Å²) in [6.07, 6.45) is 1.79. The van der Waals surface area contributed by atoms with Crippen molar-refractivity contribution in [2.45, 2.75) is 19.1 Å². The van der Waals surface area contributed by atoms with Gasteiger partial charge in [0.05, 0.1) is 0 Å². The number of halogens is 1. The maximum atomic E-state index is 11.3. The van der Waals surface area contributed by atoms with Crippen LogP contribution < -0.4 is 0 Å². The van der Waals surface area contributed by atoms with Crippen LogP contribution in [0.5, 0.6) is 0 Å². The summed E-state index contributed by atoms with van der Waals surface area (Å²) in [5, 5.41) is -0.918. The zero-order chi connectivity index (χ0) is 12.1. The molecule has 86 valence electrons. The third kappa shape index (κ3) is 1.83. The third-order valence-corrected chi connectivity index (χ3v) is 4.55. The van der Waals surface area contributed by atoms with Crippen molar-refractivity contribution in [1.29, 1.82) is 0 Å². The second-order valence-electron chi connectivity index (χ2n) is 4.03. The van der Waals surface area contributed by atoms with Crippen LogP contribution in [-0.2, 0) is 10.1 Å². The second kappa shape index (κ2) is 3.68. The van der Waals surface area contributed by atoms with Gasteiger partial charge < -0.3 is 0 Å². The summed E-state index contributed by atoms with van der Waals surface area (Å²) in [6, 6.07) is 3.72. The standard InChI is InChI=1S/C11H11BrO3S/c1-6-3-9-8(10(12)4-6)5-7(2)11(9)16(13,14)15/h3-5,11H,1-2H3,(H,13,14,15). The fourth-order valence-electron chi connectivity index (χ4n) is 2.09. The molecule has 0 bridgehead atoms. The number of rotatable bonds is 1. The zero-order valence-electron chi connectivity index (χ0n) is 8.86. The van der Waals surface area contributed by atoms with E-state index in [-0.39, 0.29) is 0 Å². The maximum absolute atomic E-state index is 11.3. The van der Waals surface area contributed by atoms with Gasteiger partial charge in [-0.15, -0.1) is 0 Å². The summed E-state index contributed by atoms with van der Waals surface area (Å²) in [5.41, 5.74) is 3.09. The average molecular weight is 303 g/mol. The Balaban J connectivity index is 2.72. The van der Waals surface area contributed by atoms with E-state index in [4.69, 9.17) is 0 Å². The molecule has 0 saturated heterocycles. The molecule has 0 amide bonds. The maximum Gasteiger partial charge on any atom is 0.275 e. The van der Waals surface area contributed by atoms with Crippen LogP contribution in [0.2, 0.25) is 0 Å². The Kier molecular flexibility index (Phi) is 2.72. The third-order valence-electron chi connectivity index (χ3n) is 2.67. The van der Waals surface area contributed by atoms with Crippen molar-refractivity contribution in [2.24, 2.45) is 0 Å². The normalized spacial score (nSPS) is 19.5. The van der Waals surface area contributed by atoms with E-state index in [2.05, 4.69) is 15.9 Å². The van der Waals surface area contributed by atoms with Gasteiger partial charge in [0.1, 0.15) is 5.25 Å². The Hall–Kier alpha value is -0.650. The smallest absolute Gasteiger partial charge is 0.275 e. The number of aryl methyl sites for hydroxylation is 1. The molecule has 3 nitrogen and oxygen atoms in total. The topological polar surface area (TPSA) is 54.4 Å². The van der Waals surface area contributed by atoms with Crippen LogP contribution in [0.1, 0.15) is 28.9 Å².